The summed E-state index contributed by atoms with van der Waals surface area (Å²) in [6, 6.07) is 0. The molecule has 3 atom stereocenters. The highest BCUT2D eigenvalue weighted by Gasteiger charge is 2.26. The van der Waals surface area contributed by atoms with Crippen LogP contribution in [-0.4, -0.2) is 66.3 Å². The average molecular weight is 827 g/mol. The molecule has 0 fully saturated rings. The predicted octanol–water partition coefficient (Wildman–Crippen LogP) is 13.0. The summed E-state index contributed by atoms with van der Waals surface area (Å²) in [6.45, 7) is 3.47. The maximum atomic E-state index is 12.6. The first-order valence-corrected chi connectivity index (χ1v) is 24.6. The molecule has 0 aliphatic rings. The summed E-state index contributed by atoms with van der Waals surface area (Å²) in [4.78, 5) is 22.6. The molecular formula is C47H87O9P. The van der Waals surface area contributed by atoms with Gasteiger partial charge in [0.15, 0.2) is 0 Å². The summed E-state index contributed by atoms with van der Waals surface area (Å²) in [5.74, 6) is -0.397. The summed E-state index contributed by atoms with van der Waals surface area (Å²) in [5, 5.41) is 18.4. The van der Waals surface area contributed by atoms with Crippen LogP contribution in [0, 0.1) is 0 Å². The third-order valence-electron chi connectivity index (χ3n) is 9.74. The van der Waals surface area contributed by atoms with Crippen LogP contribution in [0.25, 0.3) is 0 Å². The highest BCUT2D eigenvalue weighted by Crippen LogP contribution is 2.43. The fourth-order valence-corrected chi connectivity index (χ4v) is 6.97. The van der Waals surface area contributed by atoms with E-state index in [1.165, 1.54) is 109 Å². The van der Waals surface area contributed by atoms with Crippen molar-refractivity contribution in [1.82, 2.24) is 0 Å². The van der Waals surface area contributed by atoms with Gasteiger partial charge >= 0.3 is 13.8 Å². The fourth-order valence-electron chi connectivity index (χ4n) is 6.18. The number of esters is 1. The lowest BCUT2D eigenvalue weighted by Gasteiger charge is -2.20. The first kappa shape index (κ1) is 55.4. The molecule has 57 heavy (non-hydrogen) atoms. The number of phosphoric acid groups is 1. The minimum absolute atomic E-state index is 0.0392. The van der Waals surface area contributed by atoms with E-state index >= 15 is 0 Å². The van der Waals surface area contributed by atoms with E-state index in [-0.39, 0.29) is 19.6 Å². The van der Waals surface area contributed by atoms with Gasteiger partial charge in [-0.1, -0.05) is 165 Å². The quantitative estimate of drug-likeness (QED) is 0.0238. The molecule has 0 bridgehead atoms. The number of hydrogen-bond acceptors (Lipinski definition) is 8. The number of hydrogen-bond donors (Lipinski definition) is 3. The number of carbonyl (C=O) groups is 1. The number of phosphoric ester groups is 1. The van der Waals surface area contributed by atoms with Crippen molar-refractivity contribution in [1.29, 1.82) is 0 Å². The molecule has 0 heterocycles. The van der Waals surface area contributed by atoms with Crippen molar-refractivity contribution in [2.24, 2.45) is 0 Å². The van der Waals surface area contributed by atoms with Gasteiger partial charge in [-0.05, 0) is 77.0 Å². The zero-order valence-electron chi connectivity index (χ0n) is 36.6. The molecule has 0 saturated heterocycles. The van der Waals surface area contributed by atoms with E-state index in [0.717, 1.165) is 64.2 Å². The van der Waals surface area contributed by atoms with E-state index in [1.54, 1.807) is 0 Å². The van der Waals surface area contributed by atoms with Gasteiger partial charge in [0.25, 0.3) is 0 Å². The number of rotatable bonds is 44. The van der Waals surface area contributed by atoms with Crippen molar-refractivity contribution in [2.45, 2.75) is 212 Å². The number of unbranched alkanes of at least 4 members (excludes halogenated alkanes) is 22. The molecule has 0 aliphatic heterocycles. The van der Waals surface area contributed by atoms with Crippen molar-refractivity contribution in [3.8, 4) is 0 Å². The molecule has 0 rings (SSSR count). The van der Waals surface area contributed by atoms with Gasteiger partial charge in [-0.2, -0.15) is 0 Å². The molecular weight excluding hydrogens is 739 g/mol. The van der Waals surface area contributed by atoms with Crippen LogP contribution in [0.4, 0.5) is 0 Å². The lowest BCUT2D eigenvalue weighted by Crippen LogP contribution is -2.29. The van der Waals surface area contributed by atoms with Gasteiger partial charge in [0.2, 0.25) is 0 Å². The topological polar surface area (TPSA) is 132 Å². The first-order valence-electron chi connectivity index (χ1n) is 23.1. The van der Waals surface area contributed by atoms with Gasteiger partial charge in [-0.3, -0.25) is 13.8 Å². The number of ether oxygens (including phenoxy) is 2. The largest absolute Gasteiger partial charge is 0.472 e. The molecule has 0 aromatic rings. The van der Waals surface area contributed by atoms with E-state index in [9.17, 15) is 19.4 Å². The Balaban J connectivity index is 4.18. The van der Waals surface area contributed by atoms with E-state index in [2.05, 4.69) is 62.5 Å². The van der Waals surface area contributed by atoms with Gasteiger partial charge in [-0.25, -0.2) is 4.57 Å². The van der Waals surface area contributed by atoms with E-state index in [0.29, 0.717) is 13.0 Å². The molecule has 0 amide bonds. The van der Waals surface area contributed by atoms with Crippen LogP contribution < -0.4 is 0 Å². The second-order valence-corrected chi connectivity index (χ2v) is 16.9. The third-order valence-corrected chi connectivity index (χ3v) is 10.7. The second-order valence-electron chi connectivity index (χ2n) is 15.4. The van der Waals surface area contributed by atoms with Crippen LogP contribution in [0.3, 0.4) is 0 Å². The molecule has 0 aliphatic carbocycles. The Morgan fingerprint density at radius 1 is 0.544 bits per heavy atom. The van der Waals surface area contributed by atoms with Crippen LogP contribution in [0.15, 0.2) is 48.6 Å². The maximum Gasteiger partial charge on any atom is 0.472 e. The number of aliphatic hydroxyl groups excluding tert-OH is 2. The van der Waals surface area contributed by atoms with Crippen molar-refractivity contribution >= 4 is 13.8 Å². The van der Waals surface area contributed by atoms with Gasteiger partial charge in [-0.15, -0.1) is 0 Å². The summed E-state index contributed by atoms with van der Waals surface area (Å²) in [6.07, 6.45) is 49.2. The molecule has 0 aromatic heterocycles. The molecule has 10 heteroatoms. The predicted molar refractivity (Wildman–Crippen MR) is 237 cm³/mol. The fraction of sp³-hybridized carbons (Fsp3) is 0.809. The molecule has 334 valence electrons. The van der Waals surface area contributed by atoms with Crippen molar-refractivity contribution in [3.63, 3.8) is 0 Å². The van der Waals surface area contributed by atoms with Crippen LogP contribution in [0.5, 0.6) is 0 Å². The van der Waals surface area contributed by atoms with Crippen LogP contribution in [0.1, 0.15) is 200 Å². The standard InChI is InChI=1S/C47H87O9P/c1-3-5-7-9-11-13-15-17-19-21-22-23-25-27-29-31-33-35-37-39-47(50)56-46(44-55-57(51,52)54-42-45(49)41-48)43-53-40-38-36-34-32-30-28-26-24-20-18-16-14-12-10-8-6-4-2/h11,13,17,19-20,22-24,45-46,48-49H,3-10,12,14-16,18,21,25-44H2,1-2H3,(H,51,52)/b13-11-,19-17-,23-22-,24-20-. The minimum Gasteiger partial charge on any atom is -0.457 e. The van der Waals surface area contributed by atoms with Crippen molar-refractivity contribution < 1.29 is 43.0 Å². The molecule has 3 N–H and O–H groups in total. The molecule has 0 aromatic carbocycles. The highest BCUT2D eigenvalue weighted by molar-refractivity contribution is 7.47. The Bertz CT molecular complexity index is 1030. The Morgan fingerprint density at radius 2 is 0.947 bits per heavy atom. The monoisotopic (exact) mass is 827 g/mol. The Morgan fingerprint density at radius 3 is 1.47 bits per heavy atom. The Labute approximate surface area is 349 Å². The summed E-state index contributed by atoms with van der Waals surface area (Å²) < 4.78 is 33.4. The molecule has 0 saturated carbocycles. The van der Waals surface area contributed by atoms with Crippen LogP contribution in [0.2, 0.25) is 0 Å². The maximum absolute atomic E-state index is 12.6. The zero-order chi connectivity index (χ0) is 41.8. The van der Waals surface area contributed by atoms with Crippen LogP contribution in [-0.2, 0) is 27.9 Å². The molecule has 0 radical (unpaired) electrons. The molecule has 0 spiro atoms. The van der Waals surface area contributed by atoms with Gasteiger partial charge in [0.1, 0.15) is 12.2 Å². The minimum atomic E-state index is -4.53. The summed E-state index contributed by atoms with van der Waals surface area (Å²) in [7, 11) is -4.53. The second kappa shape index (κ2) is 44.0. The molecule has 3 unspecified atom stereocenters. The van der Waals surface area contributed by atoms with Gasteiger partial charge in [0, 0.05) is 13.0 Å². The van der Waals surface area contributed by atoms with E-state index in [1.807, 2.05) is 0 Å². The highest BCUT2D eigenvalue weighted by atomic mass is 31.2. The van der Waals surface area contributed by atoms with Gasteiger partial charge in [0.05, 0.1) is 26.4 Å². The Hall–Kier alpha value is -1.58. The zero-order valence-corrected chi connectivity index (χ0v) is 37.4. The SMILES string of the molecule is CCCCC/C=C\C/C=C\C/C=C\CCCCCCCCC(=O)OC(COCCCCCCCC/C=C\CCCCCCCCC)COP(=O)(O)OCC(O)CO. The summed E-state index contributed by atoms with van der Waals surface area (Å²) >= 11 is 0. The number of aliphatic hydroxyl groups is 2. The van der Waals surface area contributed by atoms with Crippen LogP contribution >= 0.6 is 7.82 Å². The van der Waals surface area contributed by atoms with Crippen molar-refractivity contribution in [3.05, 3.63) is 48.6 Å². The lowest BCUT2D eigenvalue weighted by molar-refractivity contribution is -0.154. The van der Waals surface area contributed by atoms with E-state index in [4.69, 9.17) is 23.6 Å². The smallest absolute Gasteiger partial charge is 0.457 e. The number of allylic oxidation sites excluding steroid dienone is 8. The summed E-state index contributed by atoms with van der Waals surface area (Å²) in [5.41, 5.74) is 0. The van der Waals surface area contributed by atoms with E-state index < -0.39 is 39.2 Å². The normalized spacial score (nSPS) is 14.4. The van der Waals surface area contributed by atoms with Crippen molar-refractivity contribution in [2.75, 3.05) is 33.0 Å². The average Bonchev–Trinajstić information content (AvgIpc) is 3.20. The third kappa shape index (κ3) is 43.8. The molecule has 9 nitrogen and oxygen atoms in total. The lowest BCUT2D eigenvalue weighted by atomic mass is 10.1. The first-order chi connectivity index (χ1) is 27.8. The Kier molecular flexibility index (Phi) is 42.8. The number of carbonyl (C=O) groups excluding carboxylic acids is 1. The van der Waals surface area contributed by atoms with Gasteiger partial charge < -0.3 is 24.6 Å².